The third kappa shape index (κ3) is 4.41. The van der Waals surface area contributed by atoms with Gasteiger partial charge in [0.25, 0.3) is 0 Å². The van der Waals surface area contributed by atoms with E-state index in [0.717, 1.165) is 23.7 Å². The molecule has 9 heteroatoms. The number of alkyl halides is 2. The number of anilines is 1. The molecule has 0 radical (unpaired) electrons. The molecule has 6 nitrogen and oxygen atoms in total. The summed E-state index contributed by atoms with van der Waals surface area (Å²) in [5.41, 5.74) is 2.30. The predicted octanol–water partition coefficient (Wildman–Crippen LogP) is 3.86. The van der Waals surface area contributed by atoms with Crippen LogP contribution in [0.2, 0.25) is 0 Å². The van der Waals surface area contributed by atoms with Gasteiger partial charge < -0.3 is 9.72 Å². The zero-order valence-corrected chi connectivity index (χ0v) is 15.8. The largest absolute Gasteiger partial charge is 0.481 e. The van der Waals surface area contributed by atoms with Crippen LogP contribution in [-0.2, 0) is 23.8 Å². The SMILES string of the molecule is CCCc1ccc2c(S(=O)Nc3ncc(CC(F)F)c(OC)n3)c[nH]c2c1. The van der Waals surface area contributed by atoms with Gasteiger partial charge in [0, 0.05) is 35.3 Å². The maximum absolute atomic E-state index is 12.7. The lowest BCUT2D eigenvalue weighted by Gasteiger charge is -2.09. The first-order chi connectivity index (χ1) is 13.0. The van der Waals surface area contributed by atoms with Crippen molar-refractivity contribution < 1.29 is 17.7 Å². The van der Waals surface area contributed by atoms with Gasteiger partial charge in [-0.3, -0.25) is 4.72 Å². The average Bonchev–Trinajstić information content (AvgIpc) is 3.06. The number of halogens is 2. The van der Waals surface area contributed by atoms with E-state index in [-0.39, 0.29) is 17.4 Å². The van der Waals surface area contributed by atoms with E-state index in [2.05, 4.69) is 26.6 Å². The Bertz CT molecular complexity index is 962. The van der Waals surface area contributed by atoms with Gasteiger partial charge in [0.15, 0.2) is 11.0 Å². The number of fused-ring (bicyclic) bond motifs is 1. The summed E-state index contributed by atoms with van der Waals surface area (Å²) >= 11 is 0. The summed E-state index contributed by atoms with van der Waals surface area (Å²) in [5, 5.41) is 0.835. The van der Waals surface area contributed by atoms with E-state index >= 15 is 0 Å². The molecule has 0 aliphatic carbocycles. The number of rotatable bonds is 8. The Kier molecular flexibility index (Phi) is 6.00. The molecule has 27 heavy (non-hydrogen) atoms. The van der Waals surface area contributed by atoms with Crippen LogP contribution >= 0.6 is 0 Å². The lowest BCUT2D eigenvalue weighted by Crippen LogP contribution is -2.10. The quantitative estimate of drug-likeness (QED) is 0.608. The average molecular weight is 394 g/mol. The number of nitrogens with one attached hydrogen (secondary N) is 2. The second kappa shape index (κ2) is 8.43. The fourth-order valence-electron chi connectivity index (χ4n) is 2.81. The Morgan fingerprint density at radius 3 is 2.89 bits per heavy atom. The Hall–Kier alpha value is -2.55. The zero-order chi connectivity index (χ0) is 19.4. The number of H-pyrrole nitrogens is 1. The van der Waals surface area contributed by atoms with E-state index < -0.39 is 23.8 Å². The van der Waals surface area contributed by atoms with E-state index in [0.29, 0.717) is 4.90 Å². The van der Waals surface area contributed by atoms with Crippen molar-refractivity contribution in [3.63, 3.8) is 0 Å². The van der Waals surface area contributed by atoms with Crippen molar-refractivity contribution in [2.75, 3.05) is 11.8 Å². The molecule has 0 aliphatic rings. The highest BCUT2D eigenvalue weighted by atomic mass is 32.2. The zero-order valence-electron chi connectivity index (χ0n) is 15.0. The monoisotopic (exact) mass is 394 g/mol. The number of methoxy groups -OCH3 is 1. The second-order valence-electron chi connectivity index (χ2n) is 5.98. The number of nitrogens with zero attached hydrogens (tertiary/aromatic N) is 2. The summed E-state index contributed by atoms with van der Waals surface area (Å²) in [7, 11) is -0.287. The van der Waals surface area contributed by atoms with E-state index in [1.54, 1.807) is 6.20 Å². The van der Waals surface area contributed by atoms with Crippen LogP contribution in [0.4, 0.5) is 14.7 Å². The van der Waals surface area contributed by atoms with Gasteiger partial charge in [0.1, 0.15) is 0 Å². The van der Waals surface area contributed by atoms with Crippen LogP contribution in [0.5, 0.6) is 5.88 Å². The van der Waals surface area contributed by atoms with Crippen molar-refractivity contribution in [2.24, 2.45) is 0 Å². The normalized spacial score (nSPS) is 12.5. The summed E-state index contributed by atoms with van der Waals surface area (Å²) in [6.07, 6.45) is 1.92. The lowest BCUT2D eigenvalue weighted by molar-refractivity contribution is 0.147. The summed E-state index contributed by atoms with van der Waals surface area (Å²) in [6, 6.07) is 5.98. The lowest BCUT2D eigenvalue weighted by atomic mass is 10.1. The number of aromatic amines is 1. The Morgan fingerprint density at radius 1 is 1.37 bits per heavy atom. The number of ether oxygens (including phenoxy) is 1. The smallest absolute Gasteiger partial charge is 0.242 e. The fraction of sp³-hybridized carbons (Fsp3) is 0.333. The van der Waals surface area contributed by atoms with Crippen molar-refractivity contribution in [1.29, 1.82) is 0 Å². The van der Waals surface area contributed by atoms with Crippen LogP contribution in [0.3, 0.4) is 0 Å². The van der Waals surface area contributed by atoms with E-state index in [9.17, 15) is 13.0 Å². The molecule has 2 N–H and O–H groups in total. The molecule has 144 valence electrons. The first-order valence-corrected chi connectivity index (χ1v) is 9.63. The van der Waals surface area contributed by atoms with Crippen LogP contribution in [0.25, 0.3) is 10.9 Å². The minimum atomic E-state index is -2.53. The first kappa shape index (κ1) is 19.2. The van der Waals surface area contributed by atoms with Gasteiger partial charge in [-0.2, -0.15) is 4.98 Å². The molecule has 3 aromatic rings. The number of hydrogen-bond acceptors (Lipinski definition) is 4. The minimum Gasteiger partial charge on any atom is -0.481 e. The molecule has 2 aromatic heterocycles. The molecule has 0 bridgehead atoms. The maximum Gasteiger partial charge on any atom is 0.242 e. The van der Waals surface area contributed by atoms with Crippen LogP contribution in [0.1, 0.15) is 24.5 Å². The molecular weight excluding hydrogens is 374 g/mol. The van der Waals surface area contributed by atoms with Crippen molar-refractivity contribution in [3.8, 4) is 5.88 Å². The van der Waals surface area contributed by atoms with Crippen molar-refractivity contribution >= 4 is 27.8 Å². The standard InChI is InChI=1S/C18H20F2N4O2S/c1-3-4-11-5-6-13-14(7-11)21-10-15(13)27(25)24-18-22-9-12(8-16(19)20)17(23-18)26-2/h5-7,9-10,16,21H,3-4,8H2,1-2H3,(H,22,23,24). The minimum absolute atomic E-state index is 0.0351. The Morgan fingerprint density at radius 2 is 2.19 bits per heavy atom. The van der Waals surface area contributed by atoms with Gasteiger partial charge in [-0.25, -0.2) is 18.0 Å². The van der Waals surface area contributed by atoms with Crippen molar-refractivity contribution in [3.05, 3.63) is 41.7 Å². The molecule has 1 unspecified atom stereocenters. The summed E-state index contributed by atoms with van der Waals surface area (Å²) in [4.78, 5) is 11.7. The van der Waals surface area contributed by atoms with Crippen LogP contribution in [0, 0.1) is 0 Å². The van der Waals surface area contributed by atoms with Gasteiger partial charge >= 0.3 is 0 Å². The number of aromatic nitrogens is 3. The van der Waals surface area contributed by atoms with Crippen LogP contribution in [-0.4, -0.2) is 32.7 Å². The third-order valence-electron chi connectivity index (χ3n) is 4.02. The van der Waals surface area contributed by atoms with Crippen LogP contribution in [0.15, 0.2) is 35.5 Å². The van der Waals surface area contributed by atoms with Crippen LogP contribution < -0.4 is 9.46 Å². The van der Waals surface area contributed by atoms with E-state index in [1.165, 1.54) is 18.9 Å². The molecule has 0 aliphatic heterocycles. The molecule has 0 amide bonds. The van der Waals surface area contributed by atoms with Gasteiger partial charge in [0.05, 0.1) is 12.0 Å². The fourth-order valence-corrected chi connectivity index (χ4v) is 3.72. The highest BCUT2D eigenvalue weighted by Gasteiger charge is 2.16. The molecule has 1 atom stereocenters. The van der Waals surface area contributed by atoms with Gasteiger partial charge in [-0.1, -0.05) is 25.5 Å². The van der Waals surface area contributed by atoms with Gasteiger partial charge in [0.2, 0.25) is 18.3 Å². The van der Waals surface area contributed by atoms with Gasteiger partial charge in [-0.05, 0) is 18.1 Å². The predicted molar refractivity (Wildman–Crippen MR) is 101 cm³/mol. The van der Waals surface area contributed by atoms with E-state index in [1.807, 2.05) is 18.2 Å². The topological polar surface area (TPSA) is 79.9 Å². The molecular formula is C18H20F2N4O2S. The summed E-state index contributed by atoms with van der Waals surface area (Å²) < 4.78 is 45.6. The number of benzene rings is 1. The first-order valence-electron chi connectivity index (χ1n) is 8.48. The molecule has 0 spiro atoms. The Labute approximate surface area is 158 Å². The third-order valence-corrected chi connectivity index (χ3v) is 5.13. The molecule has 2 heterocycles. The Balaban J connectivity index is 1.82. The maximum atomic E-state index is 12.7. The highest BCUT2D eigenvalue weighted by molar-refractivity contribution is 7.86. The van der Waals surface area contributed by atoms with E-state index in [4.69, 9.17) is 4.74 Å². The number of aryl methyl sites for hydroxylation is 1. The highest BCUT2D eigenvalue weighted by Crippen LogP contribution is 2.25. The molecule has 1 aromatic carbocycles. The number of hydrogen-bond donors (Lipinski definition) is 2. The molecule has 0 saturated carbocycles. The van der Waals surface area contributed by atoms with Crippen molar-refractivity contribution in [2.45, 2.75) is 37.5 Å². The molecule has 0 fully saturated rings. The summed E-state index contributed by atoms with van der Waals surface area (Å²) in [5.74, 6) is 0.0769. The van der Waals surface area contributed by atoms with Gasteiger partial charge in [-0.15, -0.1) is 0 Å². The molecule has 0 saturated heterocycles. The van der Waals surface area contributed by atoms with Crippen molar-refractivity contribution in [1.82, 2.24) is 15.0 Å². The summed E-state index contributed by atoms with van der Waals surface area (Å²) in [6.45, 7) is 2.12. The second-order valence-corrected chi connectivity index (χ2v) is 7.16. The molecule has 3 rings (SSSR count).